The first-order chi connectivity index (χ1) is 21.8. The monoisotopic (exact) mass is 651 g/mol. The number of carbonyl (C=O) groups is 3. The van der Waals surface area contributed by atoms with E-state index in [2.05, 4.69) is 0 Å². The second kappa shape index (κ2) is 10.6. The predicted octanol–water partition coefficient (Wildman–Crippen LogP) is 0.747. The summed E-state index contributed by atoms with van der Waals surface area (Å²) in [6.45, 7) is 10.3. The molecule has 4 saturated heterocycles. The third-order valence-electron chi connectivity index (χ3n) is 11.4. The largest absolute Gasteiger partial charge is 0.477 e. The van der Waals surface area contributed by atoms with Gasteiger partial charge in [0.1, 0.15) is 45.0 Å². The Balaban J connectivity index is 1.17. The van der Waals surface area contributed by atoms with E-state index in [9.17, 15) is 33.0 Å². The molecule has 2 aromatic carbocycles. The Hall–Kier alpha value is -3.78. The summed E-state index contributed by atoms with van der Waals surface area (Å²) in [5.74, 6) is -3.18. The molecule has 46 heavy (non-hydrogen) atoms. The van der Waals surface area contributed by atoms with Crippen molar-refractivity contribution in [3.63, 3.8) is 0 Å². The Kier molecular flexibility index (Phi) is 7.13. The van der Waals surface area contributed by atoms with Crippen LogP contribution >= 0.6 is 0 Å². The molecule has 0 aromatic heterocycles. The number of fused-ring (bicyclic) bond motifs is 7. The predicted molar refractivity (Wildman–Crippen MR) is 168 cm³/mol. The number of hydrogen-bond acceptors (Lipinski definition) is 6. The molecular weight excluding hydrogens is 610 g/mol. The average Bonchev–Trinajstić information content (AvgIpc) is 3.26. The zero-order valence-electron chi connectivity index (χ0n) is 26.1. The highest BCUT2D eigenvalue weighted by molar-refractivity contribution is 7.93. The van der Waals surface area contributed by atoms with Crippen LogP contribution in [0, 0.1) is 11.8 Å². The summed E-state index contributed by atoms with van der Waals surface area (Å²) in [5.41, 5.74) is 8.56. The molecule has 2 amide bonds. The Morgan fingerprint density at radius 3 is 2.30 bits per heavy atom. The second-order valence-corrected chi connectivity index (χ2v) is 15.7. The highest BCUT2D eigenvalue weighted by atomic mass is 32.2. The zero-order valence-corrected chi connectivity index (χ0v) is 26.9. The number of sulfonamides is 1. The maximum atomic E-state index is 14.3. The number of rotatable bonds is 9. The Morgan fingerprint density at radius 1 is 1.02 bits per heavy atom. The maximum absolute atomic E-state index is 14.3. The number of amides is 2. The number of carboxylic acids is 1. The average molecular weight is 652 g/mol. The van der Waals surface area contributed by atoms with Crippen LogP contribution in [0.15, 0.2) is 58.6 Å². The molecule has 2 bridgehead atoms. The number of aliphatic hydroxyl groups excluding tert-OH is 1. The molecule has 4 atom stereocenters. The van der Waals surface area contributed by atoms with Crippen LogP contribution in [-0.2, 0) is 30.8 Å². The van der Waals surface area contributed by atoms with Gasteiger partial charge < -0.3 is 29.8 Å². The number of nitrogens with two attached hydrogens (primary N) is 1. The van der Waals surface area contributed by atoms with Gasteiger partial charge in [-0.05, 0) is 36.3 Å². The van der Waals surface area contributed by atoms with Crippen molar-refractivity contribution >= 4 is 33.5 Å². The topological polar surface area (TPSA) is 158 Å². The normalized spacial score (nSPS) is 31.2. The smallest absolute Gasteiger partial charge is 0.352 e. The van der Waals surface area contributed by atoms with Gasteiger partial charge in [-0.3, -0.25) is 13.9 Å². The van der Waals surface area contributed by atoms with Crippen LogP contribution < -0.4 is 10.0 Å². The van der Waals surface area contributed by atoms with E-state index >= 15 is 0 Å². The van der Waals surface area contributed by atoms with Crippen molar-refractivity contribution in [2.24, 2.45) is 17.6 Å². The van der Waals surface area contributed by atoms with Crippen LogP contribution in [0.3, 0.4) is 0 Å². The molecule has 0 unspecified atom stereocenters. The quantitative estimate of drug-likeness (QED) is 0.267. The zero-order chi connectivity index (χ0) is 32.8. The number of carboxylic acid groups (broad SMARTS) is 1. The summed E-state index contributed by atoms with van der Waals surface area (Å²) < 4.78 is 31.6. The summed E-state index contributed by atoms with van der Waals surface area (Å²) in [6, 6.07) is 12.2. The van der Waals surface area contributed by atoms with Gasteiger partial charge in [-0.1, -0.05) is 31.2 Å². The van der Waals surface area contributed by atoms with Crippen LogP contribution in [0.5, 0.6) is 0 Å². The lowest BCUT2D eigenvalue weighted by Crippen LogP contribution is -2.76. The van der Waals surface area contributed by atoms with Crippen LogP contribution in [-0.4, -0.2) is 121 Å². The van der Waals surface area contributed by atoms with Crippen molar-refractivity contribution < 1.29 is 42.0 Å². The molecule has 12 nitrogen and oxygen atoms in total. The van der Waals surface area contributed by atoms with Crippen molar-refractivity contribution in [3.8, 4) is 11.1 Å². The molecule has 13 heteroatoms. The van der Waals surface area contributed by atoms with Crippen LogP contribution in [0.1, 0.15) is 19.4 Å². The highest BCUT2D eigenvalue weighted by Crippen LogP contribution is 2.49. The van der Waals surface area contributed by atoms with Crippen molar-refractivity contribution in [1.82, 2.24) is 4.90 Å². The van der Waals surface area contributed by atoms with Gasteiger partial charge in [-0.25, -0.2) is 13.2 Å². The van der Waals surface area contributed by atoms with E-state index in [0.717, 1.165) is 72.3 Å². The fraction of sp³-hybridized carbons (Fsp3) is 0.485. The SMILES string of the molecule is C[C@@H](O)[C@H]1C(=O)N2C(C(=O)O)=C(CN3c4ccccc4-c4cc(CC[N+]56CC[N+](CC(N)=O)(CC5)CC6)ccc4S3(=O)=O)[C@H](C)[C@H]12. The molecular formula is C33H41N5O7S+2. The number of primary amides is 1. The number of aliphatic carboxylic acids is 1. The van der Waals surface area contributed by atoms with Gasteiger partial charge in [0.2, 0.25) is 5.91 Å². The van der Waals surface area contributed by atoms with E-state index < -0.39 is 45.9 Å². The Bertz CT molecular complexity index is 1780. The van der Waals surface area contributed by atoms with Gasteiger partial charge in [0.05, 0.1) is 41.7 Å². The molecule has 4 fully saturated rings. The molecule has 0 aliphatic carbocycles. The van der Waals surface area contributed by atoms with Gasteiger partial charge in [0, 0.05) is 23.5 Å². The van der Waals surface area contributed by atoms with Crippen LogP contribution in [0.2, 0.25) is 0 Å². The van der Waals surface area contributed by atoms with E-state index in [1.807, 2.05) is 24.3 Å². The lowest BCUT2D eigenvalue weighted by Gasteiger charge is -2.55. The minimum atomic E-state index is -4.08. The molecule has 0 spiro atoms. The number of carbonyl (C=O) groups excluding carboxylic acids is 2. The number of aliphatic hydroxyl groups is 1. The first-order valence-corrected chi connectivity index (χ1v) is 17.4. The third-order valence-corrected chi connectivity index (χ3v) is 13.2. The molecule has 4 N–H and O–H groups in total. The standard InChI is InChI=1S/C33H39N5O7S/c1-20-25(31(33(42)43)36-30(20)29(21(2)39)32(36)41)18-35-26-6-4-3-5-23(26)24-17-22(7-8-27(24)46(35,44)45)9-10-37-11-14-38(15-12-37,16-13-37)19-28(34)40/h3-8,17,20-21,29-30,39H,9-16,18-19H2,1-2H3,(H-2,34,40,42,43)/p+2/t20-,21+,29+,30+,37?,38?/m0/s1. The molecule has 6 heterocycles. The lowest BCUT2D eigenvalue weighted by atomic mass is 9.77. The summed E-state index contributed by atoms with van der Waals surface area (Å²) in [5, 5.41) is 20.4. The molecule has 0 saturated carbocycles. The number of hydrogen-bond donors (Lipinski definition) is 3. The van der Waals surface area contributed by atoms with Crippen molar-refractivity contribution in [2.75, 3.05) is 63.2 Å². The number of benzene rings is 2. The summed E-state index contributed by atoms with van der Waals surface area (Å²) in [4.78, 5) is 38.3. The maximum Gasteiger partial charge on any atom is 0.352 e. The van der Waals surface area contributed by atoms with Gasteiger partial charge in [-0.2, -0.15) is 0 Å². The fourth-order valence-electron chi connectivity index (χ4n) is 8.73. The number of para-hydroxylation sites is 1. The van der Waals surface area contributed by atoms with Crippen LogP contribution in [0.4, 0.5) is 5.69 Å². The van der Waals surface area contributed by atoms with Crippen molar-refractivity contribution in [3.05, 3.63) is 59.3 Å². The summed E-state index contributed by atoms with van der Waals surface area (Å²) in [6.07, 6.45) is -0.160. The molecule has 244 valence electrons. The summed E-state index contributed by atoms with van der Waals surface area (Å²) in [7, 11) is -4.08. The lowest BCUT2D eigenvalue weighted by molar-refractivity contribution is -1.08. The number of anilines is 1. The van der Waals surface area contributed by atoms with Gasteiger partial charge in [0.25, 0.3) is 15.9 Å². The minimum absolute atomic E-state index is 0.163. The van der Waals surface area contributed by atoms with E-state index in [1.54, 1.807) is 25.1 Å². The van der Waals surface area contributed by atoms with Crippen molar-refractivity contribution in [1.29, 1.82) is 0 Å². The van der Waals surface area contributed by atoms with Gasteiger partial charge in [-0.15, -0.1) is 0 Å². The van der Waals surface area contributed by atoms with E-state index in [0.29, 0.717) is 23.4 Å². The minimum Gasteiger partial charge on any atom is -0.477 e. The molecule has 6 aliphatic heterocycles. The first kappa shape index (κ1) is 30.9. The Morgan fingerprint density at radius 2 is 1.67 bits per heavy atom. The number of nitrogens with zero attached hydrogens (tertiary/aromatic N) is 4. The molecule has 2 aromatic rings. The Labute approximate surface area is 268 Å². The molecule has 0 radical (unpaired) electrons. The van der Waals surface area contributed by atoms with E-state index in [-0.39, 0.29) is 23.0 Å². The van der Waals surface area contributed by atoms with Gasteiger partial charge >= 0.3 is 5.97 Å². The first-order valence-electron chi connectivity index (χ1n) is 16.0. The molecule has 8 rings (SSSR count). The number of β-lactam (4-membered cyclic amide) rings is 1. The van der Waals surface area contributed by atoms with Crippen molar-refractivity contribution in [2.45, 2.75) is 37.3 Å². The number of piperazine rings is 3. The van der Waals surface area contributed by atoms with Gasteiger partial charge in [0.15, 0.2) is 6.54 Å². The second-order valence-electron chi connectivity index (χ2n) is 13.9. The van der Waals surface area contributed by atoms with E-state index in [4.69, 9.17) is 5.73 Å². The highest BCUT2D eigenvalue weighted by Gasteiger charge is 2.60. The summed E-state index contributed by atoms with van der Waals surface area (Å²) >= 11 is 0. The molecule has 6 aliphatic rings. The third kappa shape index (κ3) is 4.58. The van der Waals surface area contributed by atoms with E-state index in [1.165, 1.54) is 16.1 Å². The van der Waals surface area contributed by atoms with Crippen LogP contribution in [0.25, 0.3) is 11.1 Å². The number of quaternary nitrogens is 2. The fourth-order valence-corrected chi connectivity index (χ4v) is 10.4.